The van der Waals surface area contributed by atoms with Crippen LogP contribution in [0.4, 0.5) is 0 Å². The number of hydrogen-bond acceptors (Lipinski definition) is 1. The smallest absolute Gasteiger partial charge is 0.227 e. The Labute approximate surface area is 76.0 Å². The van der Waals surface area contributed by atoms with Gasteiger partial charge >= 0.3 is 0 Å². The molecule has 0 aliphatic heterocycles. The van der Waals surface area contributed by atoms with Crippen LogP contribution in [0.15, 0.2) is 0 Å². The van der Waals surface area contributed by atoms with E-state index in [9.17, 15) is 4.79 Å². The average Bonchev–Trinajstić information content (AvgIpc) is 2.30. The summed E-state index contributed by atoms with van der Waals surface area (Å²) >= 11 is 11.7. The Morgan fingerprint density at radius 2 is 2.00 bits per heavy atom. The third-order valence-electron chi connectivity index (χ3n) is 2.79. The van der Waals surface area contributed by atoms with E-state index in [0.717, 1.165) is 0 Å². The summed E-state index contributed by atoms with van der Waals surface area (Å²) in [6.45, 7) is 3.71. The molecular weight excluding hydrogens is 185 g/mol. The lowest BCUT2D eigenvalue weighted by molar-refractivity contribution is -0.123. The lowest BCUT2D eigenvalue weighted by Gasteiger charge is -2.09. The van der Waals surface area contributed by atoms with E-state index >= 15 is 0 Å². The topological polar surface area (TPSA) is 43.1 Å². The van der Waals surface area contributed by atoms with Crippen LogP contribution in [-0.2, 0) is 4.79 Å². The molecule has 64 valence electrons. The fourth-order valence-electron chi connectivity index (χ4n) is 1.73. The predicted octanol–water partition coefficient (Wildman–Crippen LogP) is 1.69. The van der Waals surface area contributed by atoms with E-state index in [-0.39, 0.29) is 5.92 Å². The summed E-state index contributed by atoms with van der Waals surface area (Å²) in [6, 6.07) is 0. The van der Waals surface area contributed by atoms with Crippen LogP contribution < -0.4 is 5.73 Å². The third-order valence-corrected chi connectivity index (χ3v) is 4.12. The molecular formula is C7H11Cl2NO. The van der Waals surface area contributed by atoms with Crippen LogP contribution in [0, 0.1) is 11.3 Å². The molecule has 0 aromatic rings. The van der Waals surface area contributed by atoms with Crippen LogP contribution in [0.1, 0.15) is 20.3 Å². The summed E-state index contributed by atoms with van der Waals surface area (Å²) in [4.78, 5) is 11.0. The number of alkyl halides is 2. The second-order valence-electron chi connectivity index (χ2n) is 3.03. The Morgan fingerprint density at radius 3 is 2.00 bits per heavy atom. The number of amides is 1. The van der Waals surface area contributed by atoms with Crippen LogP contribution in [0.5, 0.6) is 0 Å². The summed E-state index contributed by atoms with van der Waals surface area (Å²) in [5.41, 5.74) is 4.52. The Kier molecular flexibility index (Phi) is 1.88. The molecule has 4 heteroatoms. The van der Waals surface area contributed by atoms with E-state index in [4.69, 9.17) is 28.9 Å². The third kappa shape index (κ3) is 0.828. The van der Waals surface area contributed by atoms with E-state index in [0.29, 0.717) is 6.42 Å². The maximum atomic E-state index is 11.0. The van der Waals surface area contributed by atoms with Crippen LogP contribution in [0.25, 0.3) is 0 Å². The first-order valence-corrected chi connectivity index (χ1v) is 4.34. The molecule has 2 nitrogen and oxygen atoms in total. The zero-order valence-corrected chi connectivity index (χ0v) is 8.04. The molecule has 0 bridgehead atoms. The van der Waals surface area contributed by atoms with Gasteiger partial charge in [0.1, 0.15) is 4.33 Å². The van der Waals surface area contributed by atoms with Crippen molar-refractivity contribution in [2.24, 2.45) is 17.1 Å². The molecule has 1 amide bonds. The first-order chi connectivity index (χ1) is 4.91. The highest BCUT2D eigenvalue weighted by atomic mass is 35.5. The van der Waals surface area contributed by atoms with Crippen LogP contribution in [0.3, 0.4) is 0 Å². The van der Waals surface area contributed by atoms with Gasteiger partial charge in [0.2, 0.25) is 5.91 Å². The molecule has 11 heavy (non-hydrogen) atoms. The minimum absolute atomic E-state index is 0.0270. The first-order valence-electron chi connectivity index (χ1n) is 3.59. The maximum absolute atomic E-state index is 11.0. The number of carbonyl (C=O) groups excluding carboxylic acids is 1. The van der Waals surface area contributed by atoms with E-state index in [1.54, 1.807) is 0 Å². The first kappa shape index (κ1) is 9.14. The lowest BCUT2D eigenvalue weighted by atomic mass is 10.0. The van der Waals surface area contributed by atoms with Gasteiger partial charge in [0, 0.05) is 5.92 Å². The highest BCUT2D eigenvalue weighted by Gasteiger charge is 2.76. The zero-order valence-electron chi connectivity index (χ0n) is 6.53. The van der Waals surface area contributed by atoms with Gasteiger partial charge in [0.15, 0.2) is 0 Å². The normalized spacial score (nSPS) is 40.2. The number of halogens is 2. The van der Waals surface area contributed by atoms with E-state index in [1.807, 2.05) is 13.8 Å². The second-order valence-corrected chi connectivity index (χ2v) is 4.42. The van der Waals surface area contributed by atoms with Crippen molar-refractivity contribution in [1.29, 1.82) is 0 Å². The standard InChI is InChI=1S/C7H11Cl2NO/c1-3-6(5(10)11)4(2)7(6,8)9/h4H,3H2,1-2H3,(H2,10,11). The molecule has 0 spiro atoms. The number of carbonyl (C=O) groups is 1. The molecule has 1 aliphatic carbocycles. The minimum atomic E-state index is -0.937. The number of rotatable bonds is 2. The van der Waals surface area contributed by atoms with Gasteiger partial charge in [0.25, 0.3) is 0 Å². The molecule has 1 saturated carbocycles. The van der Waals surface area contributed by atoms with Crippen LogP contribution >= 0.6 is 23.2 Å². The van der Waals surface area contributed by atoms with Gasteiger partial charge in [-0.15, -0.1) is 23.2 Å². The number of nitrogens with two attached hydrogens (primary N) is 1. The van der Waals surface area contributed by atoms with Gasteiger partial charge in [-0.2, -0.15) is 0 Å². The minimum Gasteiger partial charge on any atom is -0.369 e. The van der Waals surface area contributed by atoms with Gasteiger partial charge in [-0.3, -0.25) is 4.79 Å². The summed E-state index contributed by atoms with van der Waals surface area (Å²) in [6.07, 6.45) is 0.608. The molecule has 0 saturated heterocycles. The number of hydrogen-bond donors (Lipinski definition) is 1. The fraction of sp³-hybridized carbons (Fsp3) is 0.857. The van der Waals surface area contributed by atoms with E-state index in [1.165, 1.54) is 0 Å². The van der Waals surface area contributed by atoms with Crippen LogP contribution in [0.2, 0.25) is 0 Å². The maximum Gasteiger partial charge on any atom is 0.227 e. The predicted molar refractivity (Wildman–Crippen MR) is 45.5 cm³/mol. The quantitative estimate of drug-likeness (QED) is 0.671. The monoisotopic (exact) mass is 195 g/mol. The molecule has 2 atom stereocenters. The van der Waals surface area contributed by atoms with Crippen LogP contribution in [-0.4, -0.2) is 10.2 Å². The number of primary amides is 1. The molecule has 1 fully saturated rings. The molecule has 1 rings (SSSR count). The van der Waals surface area contributed by atoms with Crippen molar-refractivity contribution in [3.05, 3.63) is 0 Å². The largest absolute Gasteiger partial charge is 0.369 e. The Balaban J connectivity index is 2.93. The van der Waals surface area contributed by atoms with Crippen molar-refractivity contribution in [3.63, 3.8) is 0 Å². The Bertz CT molecular complexity index is 205. The molecule has 0 aromatic heterocycles. The lowest BCUT2D eigenvalue weighted by Crippen LogP contribution is -2.29. The van der Waals surface area contributed by atoms with Crippen molar-refractivity contribution in [2.45, 2.75) is 24.6 Å². The van der Waals surface area contributed by atoms with Gasteiger partial charge in [-0.1, -0.05) is 13.8 Å². The van der Waals surface area contributed by atoms with Gasteiger partial charge in [-0.25, -0.2) is 0 Å². The van der Waals surface area contributed by atoms with Gasteiger partial charge in [-0.05, 0) is 6.42 Å². The van der Waals surface area contributed by atoms with Gasteiger partial charge < -0.3 is 5.73 Å². The highest BCUT2D eigenvalue weighted by molar-refractivity contribution is 6.53. The van der Waals surface area contributed by atoms with Crippen molar-refractivity contribution < 1.29 is 4.79 Å². The molecule has 0 radical (unpaired) electrons. The summed E-state index contributed by atoms with van der Waals surface area (Å²) < 4.78 is -0.937. The van der Waals surface area contributed by atoms with Gasteiger partial charge in [0.05, 0.1) is 5.41 Å². The second kappa shape index (κ2) is 2.27. The molecule has 2 N–H and O–H groups in total. The summed E-state index contributed by atoms with van der Waals surface area (Å²) in [7, 11) is 0. The van der Waals surface area contributed by atoms with E-state index in [2.05, 4.69) is 0 Å². The summed E-state index contributed by atoms with van der Waals surface area (Å²) in [5, 5.41) is 0. The SMILES string of the molecule is CCC1(C(N)=O)C(C)C1(Cl)Cl. The molecule has 0 heterocycles. The highest BCUT2D eigenvalue weighted by Crippen LogP contribution is 2.70. The Morgan fingerprint density at radius 1 is 1.64 bits per heavy atom. The van der Waals surface area contributed by atoms with Crippen molar-refractivity contribution >= 4 is 29.1 Å². The zero-order chi connectivity index (χ0) is 8.86. The molecule has 1 aliphatic rings. The summed E-state index contributed by atoms with van der Waals surface area (Å²) in [5.74, 6) is -0.418. The molecule has 2 unspecified atom stereocenters. The average molecular weight is 196 g/mol. The Hall–Kier alpha value is 0.0500. The van der Waals surface area contributed by atoms with Crippen molar-refractivity contribution in [2.75, 3.05) is 0 Å². The van der Waals surface area contributed by atoms with E-state index < -0.39 is 15.7 Å². The fourth-order valence-corrected chi connectivity index (χ4v) is 2.78. The van der Waals surface area contributed by atoms with Crippen molar-refractivity contribution in [1.82, 2.24) is 0 Å². The molecule has 0 aromatic carbocycles. The van der Waals surface area contributed by atoms with Crippen molar-refractivity contribution in [3.8, 4) is 0 Å².